The zero-order valence-electron chi connectivity index (χ0n) is 13.0. The number of carbonyl (C=O) groups excluding carboxylic acids is 1. The van der Waals surface area contributed by atoms with Crippen LogP contribution in [-0.2, 0) is 0 Å². The van der Waals surface area contributed by atoms with Crippen LogP contribution in [0.5, 0.6) is 0 Å². The molecule has 5 nitrogen and oxygen atoms in total. The van der Waals surface area contributed by atoms with Crippen molar-refractivity contribution in [1.29, 1.82) is 0 Å². The Hall–Kier alpha value is -1.62. The first-order chi connectivity index (χ1) is 9.54. The summed E-state index contributed by atoms with van der Waals surface area (Å²) in [5, 5.41) is 2.90. The van der Waals surface area contributed by atoms with Gasteiger partial charge in [-0.25, -0.2) is 0 Å². The molecule has 0 aliphatic heterocycles. The van der Waals surface area contributed by atoms with Crippen LogP contribution in [0.3, 0.4) is 0 Å². The predicted octanol–water partition coefficient (Wildman–Crippen LogP) is 1.61. The number of amides is 1. The van der Waals surface area contributed by atoms with Gasteiger partial charge in [-0.3, -0.25) is 9.78 Å². The maximum Gasteiger partial charge on any atom is 0.252 e. The third kappa shape index (κ3) is 5.57. The van der Waals surface area contributed by atoms with Crippen LogP contribution in [0, 0.1) is 0 Å². The topological polar surface area (TPSA) is 48.5 Å². The molecule has 5 heteroatoms. The quantitative estimate of drug-likeness (QED) is 0.785. The van der Waals surface area contributed by atoms with E-state index in [9.17, 15) is 4.79 Å². The van der Waals surface area contributed by atoms with Crippen molar-refractivity contribution in [3.05, 3.63) is 24.0 Å². The van der Waals surface area contributed by atoms with E-state index in [-0.39, 0.29) is 5.91 Å². The second-order valence-electron chi connectivity index (χ2n) is 5.27. The van der Waals surface area contributed by atoms with Gasteiger partial charge in [0.1, 0.15) is 0 Å². The van der Waals surface area contributed by atoms with E-state index in [1.54, 1.807) is 12.4 Å². The number of pyridine rings is 1. The molecule has 1 heterocycles. The van der Waals surface area contributed by atoms with Crippen LogP contribution in [0.1, 0.15) is 30.1 Å². The van der Waals surface area contributed by atoms with Crippen molar-refractivity contribution in [3.63, 3.8) is 0 Å². The molecule has 112 valence electrons. The smallest absolute Gasteiger partial charge is 0.252 e. The number of anilines is 1. The van der Waals surface area contributed by atoms with E-state index in [4.69, 9.17) is 0 Å². The third-order valence-corrected chi connectivity index (χ3v) is 3.12. The minimum absolute atomic E-state index is 0.0647. The summed E-state index contributed by atoms with van der Waals surface area (Å²) in [6.07, 6.45) is 5.70. The average molecular weight is 278 g/mol. The summed E-state index contributed by atoms with van der Waals surface area (Å²) in [7, 11) is 5.99. The summed E-state index contributed by atoms with van der Waals surface area (Å²) in [5.74, 6) is -0.0647. The van der Waals surface area contributed by atoms with Crippen molar-refractivity contribution in [1.82, 2.24) is 15.2 Å². The van der Waals surface area contributed by atoms with E-state index < -0.39 is 0 Å². The monoisotopic (exact) mass is 278 g/mol. The van der Waals surface area contributed by atoms with Gasteiger partial charge in [0.25, 0.3) is 5.91 Å². The Morgan fingerprint density at radius 2 is 2.00 bits per heavy atom. The molecule has 0 saturated heterocycles. The van der Waals surface area contributed by atoms with Crippen LogP contribution < -0.4 is 10.2 Å². The molecule has 0 radical (unpaired) electrons. The average Bonchev–Trinajstić information content (AvgIpc) is 2.44. The lowest BCUT2D eigenvalue weighted by Gasteiger charge is -2.19. The molecular formula is C15H26N4O. The second-order valence-corrected chi connectivity index (χ2v) is 5.27. The number of aromatic nitrogens is 1. The maximum absolute atomic E-state index is 12.0. The van der Waals surface area contributed by atoms with Gasteiger partial charge in [-0.05, 0) is 26.6 Å². The molecule has 1 rings (SSSR count). The van der Waals surface area contributed by atoms with Gasteiger partial charge in [-0.1, -0.05) is 13.3 Å². The number of rotatable bonds is 8. The molecule has 0 aromatic carbocycles. The Bertz CT molecular complexity index is 420. The molecule has 0 aliphatic carbocycles. The minimum Gasteiger partial charge on any atom is -0.373 e. The van der Waals surface area contributed by atoms with Gasteiger partial charge in [0.15, 0.2) is 0 Å². The highest BCUT2D eigenvalue weighted by Gasteiger charge is 2.08. The Kier molecular flexibility index (Phi) is 7.01. The van der Waals surface area contributed by atoms with E-state index in [0.717, 1.165) is 31.6 Å². The minimum atomic E-state index is -0.0647. The van der Waals surface area contributed by atoms with Gasteiger partial charge in [0, 0.05) is 32.9 Å². The maximum atomic E-state index is 12.0. The summed E-state index contributed by atoms with van der Waals surface area (Å²) >= 11 is 0. The molecule has 0 fully saturated rings. The molecule has 1 aromatic rings. The highest BCUT2D eigenvalue weighted by molar-refractivity contribution is 5.94. The van der Waals surface area contributed by atoms with Gasteiger partial charge in [-0.15, -0.1) is 0 Å². The second kappa shape index (κ2) is 8.53. The fraction of sp³-hybridized carbons (Fsp3) is 0.600. The summed E-state index contributed by atoms with van der Waals surface area (Å²) < 4.78 is 0. The summed E-state index contributed by atoms with van der Waals surface area (Å²) in [6.45, 7) is 4.61. The molecule has 0 bridgehead atoms. The number of hydrogen-bond acceptors (Lipinski definition) is 4. The molecule has 0 saturated carbocycles. The van der Waals surface area contributed by atoms with Crippen LogP contribution in [0.2, 0.25) is 0 Å². The summed E-state index contributed by atoms with van der Waals surface area (Å²) in [6, 6.07) is 1.90. The molecule has 0 spiro atoms. The molecule has 0 unspecified atom stereocenters. The molecule has 0 atom stereocenters. The lowest BCUT2D eigenvalue weighted by molar-refractivity contribution is 0.0950. The van der Waals surface area contributed by atoms with E-state index in [1.165, 1.54) is 0 Å². The number of nitrogens with zero attached hydrogens (tertiary/aromatic N) is 3. The molecule has 1 aromatic heterocycles. The van der Waals surface area contributed by atoms with Crippen molar-refractivity contribution in [2.75, 3.05) is 45.7 Å². The van der Waals surface area contributed by atoms with Crippen molar-refractivity contribution in [2.45, 2.75) is 19.8 Å². The van der Waals surface area contributed by atoms with Crippen LogP contribution in [0.4, 0.5) is 5.69 Å². The van der Waals surface area contributed by atoms with Gasteiger partial charge >= 0.3 is 0 Å². The largest absolute Gasteiger partial charge is 0.373 e. The third-order valence-electron chi connectivity index (χ3n) is 3.12. The normalized spacial score (nSPS) is 10.7. The van der Waals surface area contributed by atoms with Crippen molar-refractivity contribution >= 4 is 11.6 Å². The van der Waals surface area contributed by atoms with Crippen LogP contribution in [0.15, 0.2) is 18.5 Å². The highest BCUT2D eigenvalue weighted by Crippen LogP contribution is 2.13. The number of hydrogen-bond donors (Lipinski definition) is 1. The van der Waals surface area contributed by atoms with E-state index >= 15 is 0 Å². The van der Waals surface area contributed by atoms with E-state index in [0.29, 0.717) is 12.1 Å². The van der Waals surface area contributed by atoms with Crippen molar-refractivity contribution < 1.29 is 4.79 Å². The van der Waals surface area contributed by atoms with Gasteiger partial charge in [0.2, 0.25) is 0 Å². The Labute approximate surface area is 122 Å². The first-order valence-corrected chi connectivity index (χ1v) is 7.13. The predicted molar refractivity (Wildman–Crippen MR) is 83.3 cm³/mol. The fourth-order valence-electron chi connectivity index (χ4n) is 1.78. The van der Waals surface area contributed by atoms with E-state index in [1.807, 2.05) is 32.1 Å². The lowest BCUT2D eigenvalue weighted by Crippen LogP contribution is -2.31. The molecular weight excluding hydrogens is 252 g/mol. The Morgan fingerprint density at radius 1 is 1.25 bits per heavy atom. The van der Waals surface area contributed by atoms with Crippen molar-refractivity contribution in [3.8, 4) is 0 Å². The number of carbonyl (C=O) groups is 1. The molecule has 1 amide bonds. The van der Waals surface area contributed by atoms with Crippen LogP contribution >= 0.6 is 0 Å². The van der Waals surface area contributed by atoms with Crippen molar-refractivity contribution in [2.24, 2.45) is 0 Å². The van der Waals surface area contributed by atoms with Gasteiger partial charge < -0.3 is 15.1 Å². The number of nitrogens with one attached hydrogen (secondary N) is 1. The number of likely N-dealkylation sites (N-methyl/N-ethyl adjacent to an activating group) is 1. The molecule has 0 aliphatic rings. The van der Waals surface area contributed by atoms with Crippen LogP contribution in [0.25, 0.3) is 0 Å². The van der Waals surface area contributed by atoms with Gasteiger partial charge in [-0.2, -0.15) is 0 Å². The summed E-state index contributed by atoms with van der Waals surface area (Å²) in [5.41, 5.74) is 1.60. The molecule has 20 heavy (non-hydrogen) atoms. The van der Waals surface area contributed by atoms with E-state index in [2.05, 4.69) is 22.1 Å². The number of unbranched alkanes of at least 4 members (excludes halogenated alkanes) is 1. The zero-order valence-corrected chi connectivity index (χ0v) is 13.0. The Morgan fingerprint density at radius 3 is 2.65 bits per heavy atom. The van der Waals surface area contributed by atoms with Gasteiger partial charge in [0.05, 0.1) is 17.4 Å². The summed E-state index contributed by atoms with van der Waals surface area (Å²) in [4.78, 5) is 20.4. The SMILES string of the molecule is CCCCN(C)c1cncc(C(=O)NCCN(C)C)c1. The van der Waals surface area contributed by atoms with Crippen LogP contribution in [-0.4, -0.2) is 56.6 Å². The zero-order chi connectivity index (χ0) is 15.0. The first-order valence-electron chi connectivity index (χ1n) is 7.13. The first kappa shape index (κ1) is 16.4. The fourth-order valence-corrected chi connectivity index (χ4v) is 1.78. The Balaban J connectivity index is 2.60. The molecule has 1 N–H and O–H groups in total. The standard InChI is InChI=1S/C15H26N4O/c1-5-6-8-19(4)14-10-13(11-16-12-14)15(20)17-7-9-18(2)3/h10-12H,5-9H2,1-4H3,(H,17,20). The highest BCUT2D eigenvalue weighted by atomic mass is 16.1. The lowest BCUT2D eigenvalue weighted by atomic mass is 10.2.